The van der Waals surface area contributed by atoms with E-state index in [4.69, 9.17) is 10.5 Å². The van der Waals surface area contributed by atoms with Crippen LogP contribution in [0, 0.1) is 5.92 Å². The van der Waals surface area contributed by atoms with E-state index in [0.29, 0.717) is 13.1 Å². The maximum atomic E-state index is 11.9. The molecule has 1 fully saturated rings. The summed E-state index contributed by atoms with van der Waals surface area (Å²) in [6.07, 6.45) is 1.12. The number of ether oxygens (including phenoxy) is 1. The number of nitrogens with two attached hydrogens (primary N) is 1. The van der Waals surface area contributed by atoms with Crippen LogP contribution in [0.2, 0.25) is 0 Å². The quantitative estimate of drug-likeness (QED) is 0.699. The summed E-state index contributed by atoms with van der Waals surface area (Å²) < 4.78 is 4.99. The van der Waals surface area contributed by atoms with E-state index in [-0.39, 0.29) is 18.4 Å². The molecule has 116 valence electrons. The lowest BCUT2D eigenvalue weighted by Crippen LogP contribution is -2.50. The molecule has 20 heavy (non-hydrogen) atoms. The Labute approximate surface area is 121 Å². The molecule has 0 aromatic heterocycles. The Kier molecular flexibility index (Phi) is 6.95. The second kappa shape index (κ2) is 8.21. The normalized spacial score (nSPS) is 18.1. The standard InChI is InChI=1S/C14H27N3O3/c1-4-5-16-6-8-17(9-7-16)12(18)10-20-14(19)13(15)11(2)3/h11,13H,4-10,15H2,1-3H3/t13-/m0/s1. The van der Waals surface area contributed by atoms with Crippen LogP contribution in [0.15, 0.2) is 0 Å². The van der Waals surface area contributed by atoms with Crippen molar-refractivity contribution < 1.29 is 14.3 Å². The van der Waals surface area contributed by atoms with Crippen LogP contribution >= 0.6 is 0 Å². The first-order chi connectivity index (χ1) is 9.45. The lowest BCUT2D eigenvalue weighted by molar-refractivity contribution is -0.154. The molecule has 0 saturated carbocycles. The molecule has 0 unspecified atom stereocenters. The SMILES string of the molecule is CCCN1CCN(C(=O)COC(=O)[C@@H](N)C(C)C)CC1. The number of esters is 1. The van der Waals surface area contributed by atoms with Gasteiger partial charge in [-0.2, -0.15) is 0 Å². The average Bonchev–Trinajstić information content (AvgIpc) is 2.44. The smallest absolute Gasteiger partial charge is 0.323 e. The van der Waals surface area contributed by atoms with Gasteiger partial charge in [-0.05, 0) is 18.9 Å². The van der Waals surface area contributed by atoms with Gasteiger partial charge in [-0.15, -0.1) is 0 Å². The third-order valence-electron chi connectivity index (χ3n) is 3.59. The summed E-state index contributed by atoms with van der Waals surface area (Å²) in [7, 11) is 0. The van der Waals surface area contributed by atoms with Crippen LogP contribution < -0.4 is 5.73 Å². The largest absolute Gasteiger partial charge is 0.454 e. The van der Waals surface area contributed by atoms with Crippen molar-refractivity contribution in [2.45, 2.75) is 33.2 Å². The summed E-state index contributed by atoms with van der Waals surface area (Å²) in [4.78, 5) is 27.6. The number of hydrogen-bond donors (Lipinski definition) is 1. The molecule has 6 nitrogen and oxygen atoms in total. The van der Waals surface area contributed by atoms with Crippen molar-refractivity contribution in [1.29, 1.82) is 0 Å². The highest BCUT2D eigenvalue weighted by Crippen LogP contribution is 2.04. The molecule has 0 bridgehead atoms. The number of hydrogen-bond acceptors (Lipinski definition) is 5. The van der Waals surface area contributed by atoms with Gasteiger partial charge in [-0.25, -0.2) is 0 Å². The third kappa shape index (κ3) is 5.09. The molecule has 1 amide bonds. The van der Waals surface area contributed by atoms with E-state index in [1.807, 2.05) is 13.8 Å². The highest BCUT2D eigenvalue weighted by Gasteiger charge is 2.23. The average molecular weight is 285 g/mol. The van der Waals surface area contributed by atoms with Gasteiger partial charge >= 0.3 is 5.97 Å². The second-order valence-corrected chi connectivity index (χ2v) is 5.60. The highest BCUT2D eigenvalue weighted by atomic mass is 16.5. The molecule has 6 heteroatoms. The molecule has 1 aliphatic rings. The molecule has 0 radical (unpaired) electrons. The van der Waals surface area contributed by atoms with E-state index >= 15 is 0 Å². The first kappa shape index (κ1) is 16.9. The third-order valence-corrected chi connectivity index (χ3v) is 3.59. The molecule has 1 heterocycles. The van der Waals surface area contributed by atoms with Gasteiger partial charge in [0.05, 0.1) is 0 Å². The van der Waals surface area contributed by atoms with Gasteiger partial charge in [0.2, 0.25) is 0 Å². The van der Waals surface area contributed by atoms with Crippen molar-refractivity contribution in [3.8, 4) is 0 Å². The Bertz CT molecular complexity index is 326. The van der Waals surface area contributed by atoms with Crippen LogP contribution in [-0.4, -0.2) is 67.0 Å². The Morgan fingerprint density at radius 3 is 2.30 bits per heavy atom. The fraction of sp³-hybridized carbons (Fsp3) is 0.857. The number of rotatable bonds is 6. The van der Waals surface area contributed by atoms with Crippen molar-refractivity contribution in [2.24, 2.45) is 11.7 Å². The first-order valence-corrected chi connectivity index (χ1v) is 7.38. The van der Waals surface area contributed by atoms with Crippen molar-refractivity contribution in [1.82, 2.24) is 9.80 Å². The maximum Gasteiger partial charge on any atom is 0.323 e. The van der Waals surface area contributed by atoms with Crippen molar-refractivity contribution in [3.63, 3.8) is 0 Å². The van der Waals surface area contributed by atoms with Crippen molar-refractivity contribution in [2.75, 3.05) is 39.3 Å². The molecule has 1 saturated heterocycles. The molecule has 1 aliphatic heterocycles. The van der Waals surface area contributed by atoms with Gasteiger partial charge in [0.15, 0.2) is 6.61 Å². The molecule has 1 atom stereocenters. The fourth-order valence-electron chi connectivity index (χ4n) is 2.13. The predicted molar refractivity (Wildman–Crippen MR) is 77.1 cm³/mol. The minimum Gasteiger partial charge on any atom is -0.454 e. The number of carbonyl (C=O) groups excluding carboxylic acids is 2. The van der Waals surface area contributed by atoms with Crippen LogP contribution in [0.1, 0.15) is 27.2 Å². The predicted octanol–water partition coefficient (Wildman–Crippen LogP) is 0.0671. The van der Waals surface area contributed by atoms with E-state index in [1.165, 1.54) is 0 Å². The molecular weight excluding hydrogens is 258 g/mol. The fourth-order valence-corrected chi connectivity index (χ4v) is 2.13. The molecule has 2 N–H and O–H groups in total. The molecule has 0 aromatic carbocycles. The Morgan fingerprint density at radius 1 is 1.20 bits per heavy atom. The van der Waals surface area contributed by atoms with E-state index in [2.05, 4.69) is 11.8 Å². The zero-order valence-electron chi connectivity index (χ0n) is 12.8. The highest BCUT2D eigenvalue weighted by molar-refractivity contribution is 5.82. The van der Waals surface area contributed by atoms with E-state index in [0.717, 1.165) is 26.1 Å². The van der Waals surface area contributed by atoms with E-state index in [9.17, 15) is 9.59 Å². The van der Waals surface area contributed by atoms with Gasteiger partial charge in [0.25, 0.3) is 5.91 Å². The Balaban J connectivity index is 2.29. The monoisotopic (exact) mass is 285 g/mol. The van der Waals surface area contributed by atoms with Crippen LogP contribution in [0.5, 0.6) is 0 Å². The second-order valence-electron chi connectivity index (χ2n) is 5.60. The lowest BCUT2D eigenvalue weighted by Gasteiger charge is -2.34. The van der Waals surface area contributed by atoms with Crippen LogP contribution in [0.4, 0.5) is 0 Å². The first-order valence-electron chi connectivity index (χ1n) is 7.38. The van der Waals surface area contributed by atoms with E-state index in [1.54, 1.807) is 4.90 Å². The summed E-state index contributed by atoms with van der Waals surface area (Å²) in [5.41, 5.74) is 5.67. The van der Waals surface area contributed by atoms with Crippen LogP contribution in [0.3, 0.4) is 0 Å². The summed E-state index contributed by atoms with van der Waals surface area (Å²) >= 11 is 0. The van der Waals surface area contributed by atoms with Crippen LogP contribution in [0.25, 0.3) is 0 Å². The van der Waals surface area contributed by atoms with Gasteiger partial charge < -0.3 is 15.4 Å². The summed E-state index contributed by atoms with van der Waals surface area (Å²) in [6.45, 7) is 9.89. The molecule has 0 aliphatic carbocycles. The van der Waals surface area contributed by atoms with Gasteiger partial charge in [-0.1, -0.05) is 20.8 Å². The number of carbonyl (C=O) groups is 2. The lowest BCUT2D eigenvalue weighted by atomic mass is 10.1. The zero-order chi connectivity index (χ0) is 15.1. The maximum absolute atomic E-state index is 11.9. The Hall–Kier alpha value is -1.14. The van der Waals surface area contributed by atoms with Crippen molar-refractivity contribution in [3.05, 3.63) is 0 Å². The molecule has 0 spiro atoms. The van der Waals surface area contributed by atoms with Crippen molar-refractivity contribution >= 4 is 11.9 Å². The topological polar surface area (TPSA) is 75.9 Å². The number of amides is 1. The van der Waals surface area contributed by atoms with Gasteiger partial charge in [-0.3, -0.25) is 14.5 Å². The van der Waals surface area contributed by atoms with E-state index < -0.39 is 12.0 Å². The van der Waals surface area contributed by atoms with Crippen LogP contribution in [-0.2, 0) is 14.3 Å². The summed E-state index contributed by atoms with van der Waals surface area (Å²) in [5.74, 6) is -0.626. The molecule has 1 rings (SSSR count). The molecular formula is C14H27N3O3. The minimum absolute atomic E-state index is 0.00944. The Morgan fingerprint density at radius 2 is 1.80 bits per heavy atom. The number of piperazine rings is 1. The summed E-state index contributed by atoms with van der Waals surface area (Å²) in [6, 6.07) is -0.663. The summed E-state index contributed by atoms with van der Waals surface area (Å²) in [5, 5.41) is 0. The minimum atomic E-state index is -0.663. The van der Waals surface area contributed by atoms with Gasteiger partial charge in [0, 0.05) is 26.2 Å². The number of nitrogens with zero attached hydrogens (tertiary/aromatic N) is 2. The zero-order valence-corrected chi connectivity index (χ0v) is 12.8. The molecule has 0 aromatic rings. The van der Waals surface area contributed by atoms with Gasteiger partial charge in [0.1, 0.15) is 6.04 Å².